The maximum absolute atomic E-state index is 8.67. The van der Waals surface area contributed by atoms with E-state index in [0.29, 0.717) is 0 Å². The van der Waals surface area contributed by atoms with Crippen LogP contribution in [0.4, 0.5) is 0 Å². The SMILES string of the molecule is CNCCCOCCCNCCCOCCCNCCCOCCCNCCCO. The maximum atomic E-state index is 8.67. The van der Waals surface area contributed by atoms with Crippen molar-refractivity contribution < 1.29 is 19.3 Å². The lowest BCUT2D eigenvalue weighted by atomic mass is 10.4. The summed E-state index contributed by atoms with van der Waals surface area (Å²) in [5.74, 6) is 0. The van der Waals surface area contributed by atoms with Gasteiger partial charge in [-0.25, -0.2) is 0 Å². The highest BCUT2D eigenvalue weighted by Gasteiger charge is 1.94. The molecule has 5 N–H and O–H groups in total. The van der Waals surface area contributed by atoms with Crippen LogP contribution in [0.2, 0.25) is 0 Å². The average molecular weight is 435 g/mol. The van der Waals surface area contributed by atoms with E-state index in [1.165, 1.54) is 0 Å². The van der Waals surface area contributed by atoms with Crippen LogP contribution in [0.5, 0.6) is 0 Å². The van der Waals surface area contributed by atoms with Crippen molar-refractivity contribution in [2.75, 3.05) is 99.1 Å². The number of aliphatic hydroxyl groups excluding tert-OH is 1. The predicted molar refractivity (Wildman–Crippen MR) is 124 cm³/mol. The highest BCUT2D eigenvalue weighted by atomic mass is 16.5. The van der Waals surface area contributed by atoms with Gasteiger partial charge in [0.05, 0.1) is 0 Å². The second-order valence-corrected chi connectivity index (χ2v) is 7.39. The first-order chi connectivity index (χ1) is 14.9. The summed E-state index contributed by atoms with van der Waals surface area (Å²) >= 11 is 0. The lowest BCUT2D eigenvalue weighted by Gasteiger charge is -2.08. The lowest BCUT2D eigenvalue weighted by Crippen LogP contribution is -2.21. The molecule has 8 heteroatoms. The summed E-state index contributed by atoms with van der Waals surface area (Å²) in [6.07, 6.45) is 7.16. The van der Waals surface area contributed by atoms with Crippen molar-refractivity contribution >= 4 is 0 Å². The largest absolute Gasteiger partial charge is 0.396 e. The average Bonchev–Trinajstić information content (AvgIpc) is 2.76. The van der Waals surface area contributed by atoms with Crippen LogP contribution in [0.1, 0.15) is 44.9 Å². The highest BCUT2D eigenvalue weighted by molar-refractivity contribution is 4.51. The van der Waals surface area contributed by atoms with Crippen molar-refractivity contribution in [3.05, 3.63) is 0 Å². The van der Waals surface area contributed by atoms with Gasteiger partial charge in [-0.15, -0.1) is 0 Å². The number of aliphatic hydroxyl groups is 1. The molecule has 0 spiro atoms. The minimum absolute atomic E-state index is 0.259. The van der Waals surface area contributed by atoms with Crippen LogP contribution in [0.15, 0.2) is 0 Å². The number of hydrogen-bond donors (Lipinski definition) is 5. The molecule has 0 aromatic heterocycles. The molecule has 30 heavy (non-hydrogen) atoms. The molecule has 0 amide bonds. The number of rotatable bonds is 27. The molecule has 0 rings (SSSR count). The molecule has 0 aliphatic heterocycles. The van der Waals surface area contributed by atoms with Gasteiger partial charge in [-0.05, 0) is 97.8 Å². The summed E-state index contributed by atoms with van der Waals surface area (Å²) in [4.78, 5) is 0. The van der Waals surface area contributed by atoms with Crippen molar-refractivity contribution in [3.63, 3.8) is 0 Å². The standard InChI is InChI=1S/C22H50N4O4/c1-23-9-3-17-28-18-5-12-25-13-7-21-30-22-8-15-26-14-6-20-29-19-4-11-24-10-2-16-27/h23-27H,2-22H2,1H3. The van der Waals surface area contributed by atoms with Gasteiger partial charge in [-0.3, -0.25) is 0 Å². The van der Waals surface area contributed by atoms with E-state index in [4.69, 9.17) is 19.3 Å². The van der Waals surface area contributed by atoms with Gasteiger partial charge in [0.15, 0.2) is 0 Å². The second-order valence-electron chi connectivity index (χ2n) is 7.39. The number of ether oxygens (including phenoxy) is 3. The van der Waals surface area contributed by atoms with Gasteiger partial charge in [0.2, 0.25) is 0 Å². The second kappa shape index (κ2) is 28.7. The molecule has 0 atom stereocenters. The first-order valence-corrected chi connectivity index (χ1v) is 12.0. The van der Waals surface area contributed by atoms with Gasteiger partial charge < -0.3 is 40.6 Å². The smallest absolute Gasteiger partial charge is 0.0478 e. The van der Waals surface area contributed by atoms with Crippen molar-refractivity contribution in [1.82, 2.24) is 21.3 Å². The van der Waals surface area contributed by atoms with E-state index in [9.17, 15) is 0 Å². The van der Waals surface area contributed by atoms with E-state index in [1.54, 1.807) is 0 Å². The molecule has 0 saturated carbocycles. The summed E-state index contributed by atoms with van der Waals surface area (Å²) in [6.45, 7) is 12.1. The molecule has 0 aliphatic rings. The third kappa shape index (κ3) is 27.7. The Labute approximate surface area is 185 Å². The van der Waals surface area contributed by atoms with E-state index in [-0.39, 0.29) is 6.61 Å². The summed E-state index contributed by atoms with van der Waals surface area (Å²) in [6, 6.07) is 0. The third-order valence-corrected chi connectivity index (χ3v) is 4.44. The summed E-state index contributed by atoms with van der Waals surface area (Å²) in [5.41, 5.74) is 0. The Morgan fingerprint density at radius 2 is 0.767 bits per heavy atom. The zero-order valence-corrected chi connectivity index (χ0v) is 19.5. The van der Waals surface area contributed by atoms with E-state index < -0.39 is 0 Å². The van der Waals surface area contributed by atoms with E-state index in [2.05, 4.69) is 21.3 Å². The summed E-state index contributed by atoms with van der Waals surface area (Å²) < 4.78 is 16.8. The Bertz CT molecular complexity index is 274. The maximum Gasteiger partial charge on any atom is 0.0478 e. The number of hydrogen-bond acceptors (Lipinski definition) is 8. The van der Waals surface area contributed by atoms with E-state index in [0.717, 1.165) is 130 Å². The molecule has 8 nitrogen and oxygen atoms in total. The molecular formula is C22H50N4O4. The van der Waals surface area contributed by atoms with Crippen LogP contribution >= 0.6 is 0 Å². The Balaban J connectivity index is 2.97. The summed E-state index contributed by atoms with van der Waals surface area (Å²) in [5, 5.41) is 21.9. The monoisotopic (exact) mass is 434 g/mol. The fraction of sp³-hybridized carbons (Fsp3) is 1.00. The molecule has 0 aromatic carbocycles. The normalized spacial score (nSPS) is 11.4. The van der Waals surface area contributed by atoms with Crippen LogP contribution in [0, 0.1) is 0 Å². The molecule has 0 saturated heterocycles. The highest BCUT2D eigenvalue weighted by Crippen LogP contribution is 1.88. The zero-order chi connectivity index (χ0) is 21.8. The minimum atomic E-state index is 0.259. The Hall–Kier alpha value is -0.320. The molecule has 0 aromatic rings. The molecule has 0 heterocycles. The fourth-order valence-electron chi connectivity index (χ4n) is 2.73. The van der Waals surface area contributed by atoms with Gasteiger partial charge in [0.25, 0.3) is 0 Å². The van der Waals surface area contributed by atoms with Gasteiger partial charge in [-0.2, -0.15) is 0 Å². The Morgan fingerprint density at radius 3 is 1.07 bits per heavy atom. The Kier molecular flexibility index (Phi) is 28.4. The number of nitrogens with one attached hydrogen (secondary N) is 4. The van der Waals surface area contributed by atoms with Crippen LogP contribution in [0.3, 0.4) is 0 Å². The van der Waals surface area contributed by atoms with Crippen LogP contribution in [-0.4, -0.2) is 104 Å². The van der Waals surface area contributed by atoms with Gasteiger partial charge in [-0.1, -0.05) is 0 Å². The molecule has 0 aliphatic carbocycles. The van der Waals surface area contributed by atoms with Crippen molar-refractivity contribution in [1.29, 1.82) is 0 Å². The molecule has 0 bridgehead atoms. The molecule has 0 unspecified atom stereocenters. The molecule has 0 radical (unpaired) electrons. The van der Waals surface area contributed by atoms with E-state index >= 15 is 0 Å². The topological polar surface area (TPSA) is 96.0 Å². The van der Waals surface area contributed by atoms with Gasteiger partial charge >= 0.3 is 0 Å². The van der Waals surface area contributed by atoms with Gasteiger partial charge in [0, 0.05) is 46.2 Å². The van der Waals surface area contributed by atoms with Crippen molar-refractivity contribution in [2.45, 2.75) is 44.9 Å². The minimum Gasteiger partial charge on any atom is -0.396 e. The Morgan fingerprint density at radius 1 is 0.467 bits per heavy atom. The van der Waals surface area contributed by atoms with Crippen molar-refractivity contribution in [2.24, 2.45) is 0 Å². The zero-order valence-electron chi connectivity index (χ0n) is 19.5. The van der Waals surface area contributed by atoms with Crippen LogP contribution < -0.4 is 21.3 Å². The summed E-state index contributed by atoms with van der Waals surface area (Å²) in [7, 11) is 1.97. The third-order valence-electron chi connectivity index (χ3n) is 4.44. The van der Waals surface area contributed by atoms with Crippen molar-refractivity contribution in [3.8, 4) is 0 Å². The molecule has 0 fully saturated rings. The lowest BCUT2D eigenvalue weighted by molar-refractivity contribution is 0.123. The fourth-order valence-corrected chi connectivity index (χ4v) is 2.73. The first kappa shape index (κ1) is 29.7. The predicted octanol–water partition coefficient (Wildman–Crippen LogP) is 0.747. The quantitative estimate of drug-likeness (QED) is 0.121. The molecular weight excluding hydrogens is 384 g/mol. The van der Waals surface area contributed by atoms with Crippen LogP contribution in [0.25, 0.3) is 0 Å². The van der Waals surface area contributed by atoms with Crippen LogP contribution in [-0.2, 0) is 14.2 Å². The molecule has 182 valence electrons. The van der Waals surface area contributed by atoms with E-state index in [1.807, 2.05) is 7.05 Å². The van der Waals surface area contributed by atoms with Gasteiger partial charge in [0.1, 0.15) is 0 Å². The first-order valence-electron chi connectivity index (χ1n) is 12.0.